The first-order chi connectivity index (χ1) is 11.2. The zero-order valence-corrected chi connectivity index (χ0v) is 12.5. The monoisotopic (exact) mass is 311 g/mol. The molecule has 1 aliphatic heterocycles. The number of nitrogens with two attached hydrogens (primary N) is 1. The highest BCUT2D eigenvalue weighted by Crippen LogP contribution is 2.32. The number of hydrogen-bond acceptors (Lipinski definition) is 4. The summed E-state index contributed by atoms with van der Waals surface area (Å²) in [6, 6.07) is 5.29. The largest absolute Gasteiger partial charge is 0.354 e. The van der Waals surface area contributed by atoms with Crippen LogP contribution in [0.4, 0.5) is 0 Å². The first kappa shape index (κ1) is 15.2. The lowest BCUT2D eigenvalue weighted by molar-refractivity contribution is -0.105. The zero-order chi connectivity index (χ0) is 16.4. The molecule has 0 saturated heterocycles. The molecule has 4 N–H and O–H groups in total. The van der Waals surface area contributed by atoms with Gasteiger partial charge in [0.2, 0.25) is 0 Å². The van der Waals surface area contributed by atoms with Crippen molar-refractivity contribution >= 4 is 35.0 Å². The second-order valence-corrected chi connectivity index (χ2v) is 5.53. The van der Waals surface area contributed by atoms with Crippen molar-refractivity contribution in [2.75, 3.05) is 6.54 Å². The van der Waals surface area contributed by atoms with Gasteiger partial charge in [-0.1, -0.05) is 6.07 Å². The molecule has 23 heavy (non-hydrogen) atoms. The quantitative estimate of drug-likeness (QED) is 0.565. The number of nitrogens with one attached hydrogen (secondary N) is 2. The van der Waals surface area contributed by atoms with Crippen molar-refractivity contribution in [3.8, 4) is 0 Å². The van der Waals surface area contributed by atoms with Crippen molar-refractivity contribution in [1.82, 2.24) is 10.3 Å². The van der Waals surface area contributed by atoms with Crippen LogP contribution in [0.3, 0.4) is 0 Å². The van der Waals surface area contributed by atoms with Crippen LogP contribution in [-0.4, -0.2) is 36.1 Å². The highest BCUT2D eigenvalue weighted by atomic mass is 16.1. The Balaban J connectivity index is 2.27. The van der Waals surface area contributed by atoms with Gasteiger partial charge in [-0.3, -0.25) is 14.4 Å². The third-order valence-electron chi connectivity index (χ3n) is 4.14. The normalized spacial score (nSPS) is 17.7. The lowest BCUT2D eigenvalue weighted by atomic mass is 9.97. The van der Waals surface area contributed by atoms with Crippen LogP contribution in [0.5, 0.6) is 0 Å². The molecule has 0 bridgehead atoms. The average molecular weight is 311 g/mol. The van der Waals surface area contributed by atoms with Gasteiger partial charge in [0.1, 0.15) is 6.29 Å². The Labute approximate surface area is 132 Å². The third-order valence-corrected chi connectivity index (χ3v) is 4.14. The van der Waals surface area contributed by atoms with Crippen molar-refractivity contribution < 1.29 is 14.4 Å². The molecule has 1 aromatic carbocycles. The summed E-state index contributed by atoms with van der Waals surface area (Å²) in [5.74, 6) is -0.148. The number of amides is 1. The van der Waals surface area contributed by atoms with Gasteiger partial charge in [-0.2, -0.15) is 0 Å². The van der Waals surface area contributed by atoms with Crippen molar-refractivity contribution in [2.45, 2.75) is 18.9 Å². The molecule has 0 saturated carbocycles. The molecule has 0 fully saturated rings. The predicted molar refractivity (Wildman–Crippen MR) is 87.0 cm³/mol. The SMILES string of the molecule is NCCC1Cc2c(/C(C=O)=C/C=O)[nH]c3cccc(c23)C(=O)N1. The first-order valence-electron chi connectivity index (χ1n) is 7.45. The van der Waals surface area contributed by atoms with Crippen LogP contribution in [-0.2, 0) is 16.0 Å². The minimum atomic E-state index is -0.148. The van der Waals surface area contributed by atoms with Crippen LogP contribution in [0.1, 0.15) is 28.0 Å². The molecular formula is C17H17N3O3. The van der Waals surface area contributed by atoms with Gasteiger partial charge in [0.15, 0.2) is 6.29 Å². The van der Waals surface area contributed by atoms with Crippen LogP contribution in [0.25, 0.3) is 16.5 Å². The molecule has 2 heterocycles. The molecule has 1 amide bonds. The van der Waals surface area contributed by atoms with Crippen LogP contribution < -0.4 is 11.1 Å². The fraction of sp³-hybridized carbons (Fsp3) is 0.235. The molecule has 118 valence electrons. The van der Waals surface area contributed by atoms with Gasteiger partial charge in [-0.25, -0.2) is 0 Å². The number of carbonyl (C=O) groups excluding carboxylic acids is 3. The minimum absolute atomic E-state index is 0.109. The summed E-state index contributed by atoms with van der Waals surface area (Å²) in [5.41, 5.74) is 8.71. The van der Waals surface area contributed by atoms with E-state index in [1.807, 2.05) is 6.07 Å². The van der Waals surface area contributed by atoms with E-state index in [4.69, 9.17) is 5.73 Å². The van der Waals surface area contributed by atoms with Crippen LogP contribution in [0.15, 0.2) is 24.3 Å². The van der Waals surface area contributed by atoms with Gasteiger partial charge in [0.25, 0.3) is 5.91 Å². The second kappa shape index (κ2) is 6.18. The number of aromatic nitrogens is 1. The standard InChI is InChI=1S/C17H17N3O3/c18-6-4-11-8-13-15-12(17(23)19-11)2-1-3-14(15)20-16(13)10(9-22)5-7-21/h1-3,5,7,9,11,20H,4,6,8,18H2,(H,19,23)/b10-5+. The Morgan fingerprint density at radius 3 is 2.87 bits per heavy atom. The maximum atomic E-state index is 12.4. The summed E-state index contributed by atoms with van der Waals surface area (Å²) in [6.07, 6.45) is 3.65. The second-order valence-electron chi connectivity index (χ2n) is 5.53. The Morgan fingerprint density at radius 1 is 1.35 bits per heavy atom. The van der Waals surface area contributed by atoms with Crippen molar-refractivity contribution in [2.24, 2.45) is 5.73 Å². The van der Waals surface area contributed by atoms with Crippen LogP contribution in [0.2, 0.25) is 0 Å². The lowest BCUT2D eigenvalue weighted by Crippen LogP contribution is -2.36. The minimum Gasteiger partial charge on any atom is -0.354 e. The zero-order valence-electron chi connectivity index (χ0n) is 12.5. The van der Waals surface area contributed by atoms with E-state index in [2.05, 4.69) is 10.3 Å². The molecule has 1 aromatic heterocycles. The summed E-state index contributed by atoms with van der Waals surface area (Å²) >= 11 is 0. The van der Waals surface area contributed by atoms with Gasteiger partial charge in [0.05, 0.1) is 5.69 Å². The molecule has 3 rings (SSSR count). The summed E-state index contributed by atoms with van der Waals surface area (Å²) in [7, 11) is 0. The van der Waals surface area contributed by atoms with Crippen molar-refractivity contribution in [1.29, 1.82) is 0 Å². The first-order valence-corrected chi connectivity index (χ1v) is 7.45. The molecule has 1 atom stereocenters. The molecule has 6 nitrogen and oxygen atoms in total. The van der Waals surface area contributed by atoms with Crippen LogP contribution >= 0.6 is 0 Å². The van der Waals surface area contributed by atoms with Gasteiger partial charge < -0.3 is 16.0 Å². The highest BCUT2D eigenvalue weighted by Gasteiger charge is 2.27. The maximum absolute atomic E-state index is 12.4. The summed E-state index contributed by atoms with van der Waals surface area (Å²) in [4.78, 5) is 37.8. The average Bonchev–Trinajstić information content (AvgIpc) is 2.83. The number of benzene rings is 1. The number of hydrogen-bond donors (Lipinski definition) is 3. The smallest absolute Gasteiger partial charge is 0.252 e. The Kier molecular flexibility index (Phi) is 4.08. The van der Waals surface area contributed by atoms with E-state index < -0.39 is 0 Å². The summed E-state index contributed by atoms with van der Waals surface area (Å²) < 4.78 is 0. The molecule has 0 radical (unpaired) electrons. The molecule has 6 heteroatoms. The molecule has 2 aromatic rings. The lowest BCUT2D eigenvalue weighted by Gasteiger charge is -2.15. The van der Waals surface area contributed by atoms with E-state index in [0.29, 0.717) is 43.2 Å². The summed E-state index contributed by atoms with van der Waals surface area (Å²) in [6.45, 7) is 0.453. The number of aldehydes is 2. The summed E-state index contributed by atoms with van der Waals surface area (Å²) in [5, 5.41) is 3.78. The molecule has 1 aliphatic rings. The number of H-pyrrole nitrogens is 1. The van der Waals surface area contributed by atoms with Crippen LogP contribution in [0, 0.1) is 0 Å². The maximum Gasteiger partial charge on any atom is 0.252 e. The Hall–Kier alpha value is -2.73. The van der Waals surface area contributed by atoms with Crippen molar-refractivity contribution in [3.63, 3.8) is 0 Å². The number of aromatic amines is 1. The Bertz CT molecular complexity index is 820. The van der Waals surface area contributed by atoms with E-state index in [9.17, 15) is 14.4 Å². The number of rotatable bonds is 5. The topological polar surface area (TPSA) is 105 Å². The van der Waals surface area contributed by atoms with E-state index in [0.717, 1.165) is 16.5 Å². The molecule has 0 aliphatic carbocycles. The fourth-order valence-corrected chi connectivity index (χ4v) is 3.15. The van der Waals surface area contributed by atoms with Gasteiger partial charge in [-0.15, -0.1) is 0 Å². The van der Waals surface area contributed by atoms with E-state index >= 15 is 0 Å². The fourth-order valence-electron chi connectivity index (χ4n) is 3.15. The molecular weight excluding hydrogens is 294 g/mol. The molecule has 0 spiro atoms. The third kappa shape index (κ3) is 2.57. The Morgan fingerprint density at radius 2 is 2.17 bits per heavy atom. The van der Waals surface area contributed by atoms with E-state index in [1.54, 1.807) is 12.1 Å². The molecule has 1 unspecified atom stereocenters. The number of carbonyl (C=O) groups is 3. The predicted octanol–water partition coefficient (Wildman–Crippen LogP) is 0.952. The van der Waals surface area contributed by atoms with Gasteiger partial charge >= 0.3 is 0 Å². The van der Waals surface area contributed by atoms with Gasteiger partial charge in [-0.05, 0) is 43.2 Å². The highest BCUT2D eigenvalue weighted by molar-refractivity contribution is 6.15. The van der Waals surface area contributed by atoms with E-state index in [1.165, 1.54) is 6.08 Å². The van der Waals surface area contributed by atoms with E-state index in [-0.39, 0.29) is 17.5 Å². The van der Waals surface area contributed by atoms with Gasteiger partial charge in [0, 0.05) is 28.1 Å². The van der Waals surface area contributed by atoms with Crippen molar-refractivity contribution in [3.05, 3.63) is 41.1 Å². The number of allylic oxidation sites excluding steroid dienone is 2.